The van der Waals surface area contributed by atoms with Gasteiger partial charge in [-0.3, -0.25) is 14.4 Å². The van der Waals surface area contributed by atoms with Gasteiger partial charge >= 0.3 is 5.97 Å². The Balaban J connectivity index is 2.16. The van der Waals surface area contributed by atoms with Crippen LogP contribution in [0.4, 0.5) is 0 Å². The van der Waals surface area contributed by atoms with Crippen molar-refractivity contribution in [3.05, 3.63) is 46.1 Å². The molecule has 6 heteroatoms. The van der Waals surface area contributed by atoms with Gasteiger partial charge in [0.2, 0.25) is 0 Å². The van der Waals surface area contributed by atoms with Crippen LogP contribution in [0.2, 0.25) is 0 Å². The SMILES string of the molecule is COc1ccc(/C=C/C(=O)C2C(=O)C=C(C)OC2=O)cc1Br. The highest BCUT2D eigenvalue weighted by molar-refractivity contribution is 9.10. The van der Waals surface area contributed by atoms with Crippen LogP contribution in [0.15, 0.2) is 40.6 Å². The molecule has 22 heavy (non-hydrogen) atoms. The Morgan fingerprint density at radius 2 is 2.09 bits per heavy atom. The number of ether oxygens (including phenoxy) is 2. The number of hydrogen-bond donors (Lipinski definition) is 0. The van der Waals surface area contributed by atoms with Gasteiger partial charge in [-0.1, -0.05) is 12.1 Å². The van der Waals surface area contributed by atoms with E-state index >= 15 is 0 Å². The molecule has 0 radical (unpaired) electrons. The quantitative estimate of drug-likeness (QED) is 0.466. The number of ketones is 2. The second-order valence-corrected chi connectivity index (χ2v) is 5.50. The number of rotatable bonds is 4. The van der Waals surface area contributed by atoms with Crippen molar-refractivity contribution in [2.45, 2.75) is 6.92 Å². The Morgan fingerprint density at radius 1 is 1.36 bits per heavy atom. The topological polar surface area (TPSA) is 69.7 Å². The normalized spacial score (nSPS) is 18.1. The average Bonchev–Trinajstić information content (AvgIpc) is 2.44. The van der Waals surface area contributed by atoms with Crippen molar-refractivity contribution in [3.8, 4) is 5.75 Å². The first kappa shape index (κ1) is 16.2. The highest BCUT2D eigenvalue weighted by Crippen LogP contribution is 2.26. The third kappa shape index (κ3) is 3.51. The van der Waals surface area contributed by atoms with Crippen LogP contribution in [0.1, 0.15) is 12.5 Å². The first-order chi connectivity index (χ1) is 10.4. The largest absolute Gasteiger partial charge is 0.496 e. The highest BCUT2D eigenvalue weighted by Gasteiger charge is 2.36. The molecular weight excluding hydrogens is 352 g/mol. The molecule has 0 bridgehead atoms. The third-order valence-corrected chi connectivity index (χ3v) is 3.65. The van der Waals surface area contributed by atoms with Gasteiger partial charge in [0.05, 0.1) is 11.6 Å². The molecule has 0 saturated carbocycles. The Labute approximate surface area is 135 Å². The fraction of sp³-hybridized carbons (Fsp3) is 0.188. The van der Waals surface area contributed by atoms with E-state index in [1.165, 1.54) is 19.1 Å². The van der Waals surface area contributed by atoms with Crippen LogP contribution < -0.4 is 4.74 Å². The van der Waals surface area contributed by atoms with Gasteiger partial charge < -0.3 is 9.47 Å². The van der Waals surface area contributed by atoms with Crippen LogP contribution in [-0.2, 0) is 19.1 Å². The number of hydrogen-bond acceptors (Lipinski definition) is 5. The van der Waals surface area contributed by atoms with E-state index < -0.39 is 23.5 Å². The molecule has 1 aromatic rings. The van der Waals surface area contributed by atoms with Crippen molar-refractivity contribution in [2.75, 3.05) is 7.11 Å². The lowest BCUT2D eigenvalue weighted by Gasteiger charge is -2.15. The number of esters is 1. The highest BCUT2D eigenvalue weighted by atomic mass is 79.9. The molecule has 1 aliphatic rings. The lowest BCUT2D eigenvalue weighted by atomic mass is 9.96. The maximum atomic E-state index is 12.0. The van der Waals surface area contributed by atoms with Gasteiger partial charge in [0.15, 0.2) is 17.5 Å². The minimum Gasteiger partial charge on any atom is -0.496 e. The summed E-state index contributed by atoms with van der Waals surface area (Å²) in [6.07, 6.45) is 3.88. The third-order valence-electron chi connectivity index (χ3n) is 3.03. The van der Waals surface area contributed by atoms with Crippen LogP contribution >= 0.6 is 15.9 Å². The van der Waals surface area contributed by atoms with Gasteiger partial charge in [0.1, 0.15) is 11.5 Å². The monoisotopic (exact) mass is 364 g/mol. The molecule has 1 unspecified atom stereocenters. The second-order valence-electron chi connectivity index (χ2n) is 4.64. The average molecular weight is 365 g/mol. The summed E-state index contributed by atoms with van der Waals surface area (Å²) in [5.74, 6) is -2.56. The Hall–Kier alpha value is -2.21. The zero-order valence-electron chi connectivity index (χ0n) is 12.0. The predicted molar refractivity (Wildman–Crippen MR) is 83.1 cm³/mol. The minimum atomic E-state index is -1.42. The van der Waals surface area contributed by atoms with Gasteiger partial charge in [0, 0.05) is 6.08 Å². The lowest BCUT2D eigenvalue weighted by molar-refractivity contribution is -0.151. The van der Waals surface area contributed by atoms with E-state index in [1.54, 1.807) is 25.3 Å². The van der Waals surface area contributed by atoms with E-state index in [1.807, 2.05) is 0 Å². The molecule has 114 valence electrons. The number of benzene rings is 1. The van der Waals surface area contributed by atoms with Crippen LogP contribution in [0, 0.1) is 5.92 Å². The fourth-order valence-corrected chi connectivity index (χ4v) is 2.52. The Morgan fingerprint density at radius 3 is 2.68 bits per heavy atom. The summed E-state index contributed by atoms with van der Waals surface area (Å²) in [6, 6.07) is 5.24. The van der Waals surface area contributed by atoms with Crippen LogP contribution in [0.3, 0.4) is 0 Å². The summed E-state index contributed by atoms with van der Waals surface area (Å²) < 4.78 is 10.7. The fourth-order valence-electron chi connectivity index (χ4n) is 1.96. The molecule has 1 aliphatic heterocycles. The van der Waals surface area contributed by atoms with Gasteiger partial charge in [-0.2, -0.15) is 0 Å². The standard InChI is InChI=1S/C16H13BrO5/c1-9-7-13(19)15(16(20)22-9)12(18)5-3-10-4-6-14(21-2)11(17)8-10/h3-8,15H,1-2H3/b5-3+. The van der Waals surface area contributed by atoms with Crippen molar-refractivity contribution < 1.29 is 23.9 Å². The number of carbonyl (C=O) groups is 3. The van der Waals surface area contributed by atoms with Crippen molar-refractivity contribution in [1.82, 2.24) is 0 Å². The minimum absolute atomic E-state index is 0.196. The maximum absolute atomic E-state index is 12.0. The molecule has 0 fully saturated rings. The van der Waals surface area contributed by atoms with E-state index in [-0.39, 0.29) is 5.76 Å². The molecule has 1 heterocycles. The van der Waals surface area contributed by atoms with E-state index in [2.05, 4.69) is 15.9 Å². The van der Waals surface area contributed by atoms with E-state index in [0.29, 0.717) is 5.75 Å². The summed E-state index contributed by atoms with van der Waals surface area (Å²) in [7, 11) is 1.55. The lowest BCUT2D eigenvalue weighted by Crippen LogP contribution is -2.34. The zero-order chi connectivity index (χ0) is 16.3. The molecule has 0 saturated heterocycles. The van der Waals surface area contributed by atoms with Crippen molar-refractivity contribution in [3.63, 3.8) is 0 Å². The number of allylic oxidation sites excluding steroid dienone is 3. The smallest absolute Gasteiger partial charge is 0.329 e. The van der Waals surface area contributed by atoms with Gasteiger partial charge in [-0.25, -0.2) is 0 Å². The maximum Gasteiger partial charge on any atom is 0.329 e. The Kier molecular flexibility index (Phi) is 4.92. The van der Waals surface area contributed by atoms with E-state index in [9.17, 15) is 14.4 Å². The second kappa shape index (κ2) is 6.70. The summed E-state index contributed by atoms with van der Waals surface area (Å²) in [6.45, 7) is 1.49. The molecule has 0 aromatic heterocycles. The van der Waals surface area contributed by atoms with Crippen molar-refractivity contribution in [1.29, 1.82) is 0 Å². The molecule has 0 spiro atoms. The summed E-state index contributed by atoms with van der Waals surface area (Å²) in [4.78, 5) is 35.4. The van der Waals surface area contributed by atoms with Gasteiger partial charge in [0.25, 0.3) is 0 Å². The molecule has 0 N–H and O–H groups in total. The molecular formula is C16H13BrO5. The van der Waals surface area contributed by atoms with Crippen LogP contribution in [-0.4, -0.2) is 24.6 Å². The summed E-state index contributed by atoms with van der Waals surface area (Å²) >= 11 is 3.34. The molecule has 1 atom stereocenters. The molecule has 2 rings (SSSR count). The predicted octanol–water partition coefficient (Wildman–Crippen LogP) is 2.69. The number of methoxy groups -OCH3 is 1. The summed E-state index contributed by atoms with van der Waals surface area (Å²) in [5, 5.41) is 0. The Bertz CT molecular complexity index is 702. The molecule has 5 nitrogen and oxygen atoms in total. The number of carbonyl (C=O) groups excluding carboxylic acids is 3. The first-order valence-electron chi connectivity index (χ1n) is 6.41. The number of cyclic esters (lactones) is 1. The van der Waals surface area contributed by atoms with Crippen LogP contribution in [0.25, 0.3) is 6.08 Å². The molecule has 0 amide bonds. The van der Waals surface area contributed by atoms with Gasteiger partial charge in [-0.15, -0.1) is 0 Å². The van der Waals surface area contributed by atoms with Crippen LogP contribution in [0.5, 0.6) is 5.75 Å². The van der Waals surface area contributed by atoms with Crippen molar-refractivity contribution >= 4 is 39.5 Å². The first-order valence-corrected chi connectivity index (χ1v) is 7.21. The number of halogens is 1. The molecule has 1 aromatic carbocycles. The molecule has 0 aliphatic carbocycles. The van der Waals surface area contributed by atoms with Gasteiger partial charge in [-0.05, 0) is 46.6 Å². The van der Waals surface area contributed by atoms with Crippen molar-refractivity contribution in [2.24, 2.45) is 5.92 Å². The van der Waals surface area contributed by atoms with E-state index in [0.717, 1.165) is 16.1 Å². The van der Waals surface area contributed by atoms with E-state index in [4.69, 9.17) is 9.47 Å². The summed E-state index contributed by atoms with van der Waals surface area (Å²) in [5.41, 5.74) is 0.726. The zero-order valence-corrected chi connectivity index (χ0v) is 13.5.